The van der Waals surface area contributed by atoms with Crippen molar-refractivity contribution in [2.24, 2.45) is 4.99 Å². The standard InChI is InChI=1S/C19H28N4O2.HI/c1-3-20-18(21-15-9-11-23(12-10-15)19(24)25-2)22-17-13-16(17)14-7-5-4-6-8-14;/h4-8,15-17H,3,9-13H2,1-2H3,(H2,20,21,22);1H. The lowest BCUT2D eigenvalue weighted by Gasteiger charge is -2.32. The molecule has 1 saturated heterocycles. The van der Waals surface area contributed by atoms with Crippen molar-refractivity contribution >= 4 is 36.0 Å². The third-order valence-corrected chi connectivity index (χ3v) is 4.93. The molecular weight excluding hydrogens is 443 g/mol. The van der Waals surface area contributed by atoms with Crippen LogP contribution in [0, 0.1) is 0 Å². The smallest absolute Gasteiger partial charge is 0.409 e. The van der Waals surface area contributed by atoms with E-state index in [2.05, 4.69) is 46.0 Å². The Morgan fingerprint density at radius 1 is 1.23 bits per heavy atom. The number of benzene rings is 1. The molecule has 1 saturated carbocycles. The van der Waals surface area contributed by atoms with E-state index in [-0.39, 0.29) is 30.1 Å². The summed E-state index contributed by atoms with van der Waals surface area (Å²) in [5.41, 5.74) is 1.39. The fourth-order valence-electron chi connectivity index (χ4n) is 3.42. The second kappa shape index (κ2) is 9.99. The molecular formula is C19H29IN4O2. The molecule has 2 atom stereocenters. The van der Waals surface area contributed by atoms with Crippen molar-refractivity contribution in [3.8, 4) is 0 Å². The Kier molecular flexibility index (Phi) is 7.99. The second-order valence-corrected chi connectivity index (χ2v) is 6.70. The average Bonchev–Trinajstić information content (AvgIpc) is 3.42. The third kappa shape index (κ3) is 5.49. The maximum atomic E-state index is 11.6. The van der Waals surface area contributed by atoms with Crippen molar-refractivity contribution in [1.29, 1.82) is 0 Å². The van der Waals surface area contributed by atoms with Crippen LogP contribution in [0.2, 0.25) is 0 Å². The zero-order chi connectivity index (χ0) is 17.6. The summed E-state index contributed by atoms with van der Waals surface area (Å²) in [7, 11) is 1.43. The molecule has 0 aromatic heterocycles. The van der Waals surface area contributed by atoms with Gasteiger partial charge in [-0.15, -0.1) is 24.0 Å². The number of nitrogens with zero attached hydrogens (tertiary/aromatic N) is 2. The molecule has 2 aliphatic rings. The van der Waals surface area contributed by atoms with E-state index in [0.29, 0.717) is 18.0 Å². The second-order valence-electron chi connectivity index (χ2n) is 6.70. The molecule has 144 valence electrons. The molecule has 7 heteroatoms. The van der Waals surface area contributed by atoms with Gasteiger partial charge in [-0.1, -0.05) is 30.3 Å². The number of ether oxygens (including phenoxy) is 1. The predicted molar refractivity (Wildman–Crippen MR) is 114 cm³/mol. The van der Waals surface area contributed by atoms with Crippen LogP contribution < -0.4 is 10.6 Å². The summed E-state index contributed by atoms with van der Waals surface area (Å²) in [4.78, 5) is 17.9. The van der Waals surface area contributed by atoms with Crippen LogP contribution in [0.3, 0.4) is 0 Å². The molecule has 6 nitrogen and oxygen atoms in total. The van der Waals surface area contributed by atoms with E-state index < -0.39 is 0 Å². The number of aliphatic imine (C=N–C) groups is 1. The number of nitrogens with one attached hydrogen (secondary N) is 2. The number of likely N-dealkylation sites (tertiary alicyclic amines) is 1. The summed E-state index contributed by atoms with van der Waals surface area (Å²) >= 11 is 0. The van der Waals surface area contributed by atoms with E-state index >= 15 is 0 Å². The Morgan fingerprint density at radius 3 is 2.54 bits per heavy atom. The molecule has 1 heterocycles. The van der Waals surface area contributed by atoms with Crippen LogP contribution in [0.1, 0.15) is 37.7 Å². The largest absolute Gasteiger partial charge is 0.453 e. The Balaban J connectivity index is 0.00000243. The summed E-state index contributed by atoms with van der Waals surface area (Å²) in [5.74, 6) is 1.47. The number of amides is 1. The number of halogens is 1. The molecule has 1 aromatic rings. The van der Waals surface area contributed by atoms with Gasteiger partial charge in [0.15, 0.2) is 5.96 Å². The Labute approximate surface area is 172 Å². The number of piperidine rings is 1. The van der Waals surface area contributed by atoms with Crippen molar-refractivity contribution in [1.82, 2.24) is 15.5 Å². The first-order valence-electron chi connectivity index (χ1n) is 9.16. The SMILES string of the molecule is CCN=C(NC1CCN(C(=O)OC)CC1)NC1CC1c1ccccc1.I. The maximum absolute atomic E-state index is 11.6. The van der Waals surface area contributed by atoms with Crippen LogP contribution >= 0.6 is 24.0 Å². The number of carbonyl (C=O) groups excluding carboxylic acids is 1. The Bertz CT molecular complexity index is 603. The quantitative estimate of drug-likeness (QED) is 0.402. The molecule has 1 aliphatic heterocycles. The molecule has 2 unspecified atom stereocenters. The van der Waals surface area contributed by atoms with E-state index in [1.54, 1.807) is 4.90 Å². The lowest BCUT2D eigenvalue weighted by Crippen LogP contribution is -2.50. The number of carbonyl (C=O) groups is 1. The zero-order valence-corrected chi connectivity index (χ0v) is 17.8. The summed E-state index contributed by atoms with van der Waals surface area (Å²) in [6.07, 6.45) is 2.73. The van der Waals surface area contributed by atoms with Gasteiger partial charge in [0.05, 0.1) is 7.11 Å². The highest BCUT2D eigenvalue weighted by atomic mass is 127. The van der Waals surface area contributed by atoms with Crippen LogP contribution in [0.25, 0.3) is 0 Å². The normalized spacial score (nSPS) is 23.0. The summed E-state index contributed by atoms with van der Waals surface area (Å²) in [6.45, 7) is 4.24. The molecule has 3 rings (SSSR count). The van der Waals surface area contributed by atoms with Crippen molar-refractivity contribution in [2.75, 3.05) is 26.7 Å². The van der Waals surface area contributed by atoms with Crippen LogP contribution in [-0.4, -0.2) is 55.8 Å². The lowest BCUT2D eigenvalue weighted by atomic mass is 10.1. The van der Waals surface area contributed by atoms with Crippen LogP contribution in [0.4, 0.5) is 4.79 Å². The molecule has 0 spiro atoms. The highest BCUT2D eigenvalue weighted by Crippen LogP contribution is 2.40. The first kappa shape index (κ1) is 20.8. The number of hydrogen-bond donors (Lipinski definition) is 2. The molecule has 2 N–H and O–H groups in total. The highest BCUT2D eigenvalue weighted by molar-refractivity contribution is 14.0. The number of hydrogen-bond acceptors (Lipinski definition) is 3. The molecule has 1 aliphatic carbocycles. The highest BCUT2D eigenvalue weighted by Gasteiger charge is 2.39. The summed E-state index contributed by atoms with van der Waals surface area (Å²) < 4.78 is 4.79. The first-order valence-corrected chi connectivity index (χ1v) is 9.16. The maximum Gasteiger partial charge on any atom is 0.409 e. The van der Waals surface area contributed by atoms with E-state index in [1.807, 2.05) is 6.92 Å². The third-order valence-electron chi connectivity index (χ3n) is 4.93. The van der Waals surface area contributed by atoms with Gasteiger partial charge < -0.3 is 20.3 Å². The zero-order valence-electron chi connectivity index (χ0n) is 15.5. The van der Waals surface area contributed by atoms with Crippen LogP contribution in [0.5, 0.6) is 0 Å². The van der Waals surface area contributed by atoms with Crippen LogP contribution in [-0.2, 0) is 4.74 Å². The van der Waals surface area contributed by atoms with Gasteiger partial charge in [0.1, 0.15) is 0 Å². The minimum Gasteiger partial charge on any atom is -0.453 e. The van der Waals surface area contributed by atoms with Gasteiger partial charge in [0.2, 0.25) is 0 Å². The topological polar surface area (TPSA) is 66.0 Å². The predicted octanol–water partition coefficient (Wildman–Crippen LogP) is 2.95. The number of methoxy groups -OCH3 is 1. The van der Waals surface area contributed by atoms with Gasteiger partial charge in [-0.2, -0.15) is 0 Å². The lowest BCUT2D eigenvalue weighted by molar-refractivity contribution is 0.111. The fraction of sp³-hybridized carbons (Fsp3) is 0.579. The first-order chi connectivity index (χ1) is 12.2. The number of rotatable bonds is 4. The molecule has 0 bridgehead atoms. The fourth-order valence-corrected chi connectivity index (χ4v) is 3.42. The molecule has 0 radical (unpaired) electrons. The van der Waals surface area contributed by atoms with Gasteiger partial charge in [-0.25, -0.2) is 4.79 Å². The molecule has 26 heavy (non-hydrogen) atoms. The Hall–Kier alpha value is -1.51. The van der Waals surface area contributed by atoms with Crippen molar-refractivity contribution in [2.45, 2.75) is 44.2 Å². The minimum atomic E-state index is -0.234. The van der Waals surface area contributed by atoms with Crippen molar-refractivity contribution in [3.05, 3.63) is 35.9 Å². The van der Waals surface area contributed by atoms with Crippen molar-refractivity contribution < 1.29 is 9.53 Å². The van der Waals surface area contributed by atoms with E-state index in [4.69, 9.17) is 4.74 Å². The van der Waals surface area contributed by atoms with E-state index in [9.17, 15) is 4.79 Å². The average molecular weight is 472 g/mol. The summed E-state index contributed by atoms with van der Waals surface area (Å²) in [5, 5.41) is 7.10. The Morgan fingerprint density at radius 2 is 1.92 bits per heavy atom. The molecule has 1 aromatic carbocycles. The summed E-state index contributed by atoms with van der Waals surface area (Å²) in [6, 6.07) is 11.4. The minimum absolute atomic E-state index is 0. The van der Waals surface area contributed by atoms with Gasteiger partial charge in [-0.05, 0) is 31.7 Å². The van der Waals surface area contributed by atoms with Crippen molar-refractivity contribution in [3.63, 3.8) is 0 Å². The van der Waals surface area contributed by atoms with Gasteiger partial charge in [-0.3, -0.25) is 4.99 Å². The van der Waals surface area contributed by atoms with E-state index in [1.165, 1.54) is 12.7 Å². The van der Waals surface area contributed by atoms with Gasteiger partial charge in [0, 0.05) is 37.6 Å². The van der Waals surface area contributed by atoms with E-state index in [0.717, 1.165) is 44.9 Å². The van der Waals surface area contributed by atoms with Gasteiger partial charge in [0.25, 0.3) is 0 Å². The molecule has 1 amide bonds. The van der Waals surface area contributed by atoms with Crippen LogP contribution in [0.15, 0.2) is 35.3 Å². The van der Waals surface area contributed by atoms with Gasteiger partial charge >= 0.3 is 6.09 Å². The monoisotopic (exact) mass is 472 g/mol. The number of guanidine groups is 1. The molecule has 2 fully saturated rings.